The fourth-order valence-electron chi connectivity index (χ4n) is 1.97. The first kappa shape index (κ1) is 8.57. The van der Waals surface area contributed by atoms with Crippen molar-refractivity contribution < 1.29 is 0 Å². The lowest BCUT2D eigenvalue weighted by molar-refractivity contribution is 0.378. The molecule has 2 aliphatic rings. The minimum absolute atomic E-state index is 0.534. The number of nitrogens with zero attached hydrogens (tertiary/aromatic N) is 1. The van der Waals surface area contributed by atoms with Gasteiger partial charge in [0.2, 0.25) is 0 Å². The van der Waals surface area contributed by atoms with Gasteiger partial charge in [0, 0.05) is 13.0 Å². The molecule has 1 aliphatic carbocycles. The van der Waals surface area contributed by atoms with E-state index in [0.29, 0.717) is 12.0 Å². The Morgan fingerprint density at radius 2 is 2.31 bits per heavy atom. The summed E-state index contributed by atoms with van der Waals surface area (Å²) in [4.78, 5) is 2.25. The van der Waals surface area contributed by atoms with Crippen LogP contribution >= 0.6 is 0 Å². The van der Waals surface area contributed by atoms with Gasteiger partial charge in [-0.1, -0.05) is 24.3 Å². The molecule has 1 heterocycles. The van der Waals surface area contributed by atoms with Gasteiger partial charge in [0.1, 0.15) is 0 Å². The van der Waals surface area contributed by atoms with Gasteiger partial charge in [0.15, 0.2) is 0 Å². The Balaban J connectivity index is 2.12. The molecule has 0 aromatic rings. The van der Waals surface area contributed by atoms with Gasteiger partial charge in [0.25, 0.3) is 0 Å². The molecule has 0 saturated carbocycles. The van der Waals surface area contributed by atoms with Crippen molar-refractivity contribution in [2.75, 3.05) is 13.6 Å². The van der Waals surface area contributed by atoms with Crippen LogP contribution in [0.5, 0.6) is 0 Å². The molecule has 0 radical (unpaired) electrons. The normalized spacial score (nSPS) is 30.6. The smallest absolute Gasteiger partial charge is 0.0568 e. The number of hydrogen-bond donors (Lipinski definition) is 1. The number of rotatable bonds is 2. The zero-order valence-electron chi connectivity index (χ0n) is 7.98. The molecular weight excluding hydrogens is 160 g/mol. The maximum Gasteiger partial charge on any atom is 0.0568 e. The van der Waals surface area contributed by atoms with E-state index in [2.05, 4.69) is 42.5 Å². The van der Waals surface area contributed by atoms with E-state index in [1.165, 1.54) is 5.57 Å². The molecule has 2 heteroatoms. The van der Waals surface area contributed by atoms with Crippen molar-refractivity contribution in [2.24, 2.45) is 11.7 Å². The van der Waals surface area contributed by atoms with Crippen LogP contribution in [0.25, 0.3) is 0 Å². The predicted molar refractivity (Wildman–Crippen MR) is 55.1 cm³/mol. The Bertz CT molecular complexity index is 276. The van der Waals surface area contributed by atoms with Crippen molar-refractivity contribution in [3.8, 4) is 0 Å². The fraction of sp³-hybridized carbons (Fsp3) is 0.455. The van der Waals surface area contributed by atoms with E-state index in [1.807, 2.05) is 0 Å². The zero-order valence-corrected chi connectivity index (χ0v) is 7.98. The van der Waals surface area contributed by atoms with Crippen LogP contribution in [0.1, 0.15) is 6.42 Å². The van der Waals surface area contributed by atoms with E-state index < -0.39 is 0 Å². The highest BCUT2D eigenvalue weighted by Gasteiger charge is 2.25. The molecule has 2 unspecified atom stereocenters. The summed E-state index contributed by atoms with van der Waals surface area (Å²) in [7, 11) is 2.12. The van der Waals surface area contributed by atoms with Crippen LogP contribution in [0.15, 0.2) is 36.1 Å². The van der Waals surface area contributed by atoms with E-state index in [1.54, 1.807) is 0 Å². The van der Waals surface area contributed by atoms with E-state index in [0.717, 1.165) is 13.0 Å². The third-order valence-electron chi connectivity index (χ3n) is 2.76. The monoisotopic (exact) mass is 176 g/mol. The number of allylic oxidation sites excluding steroid dienone is 1. The zero-order chi connectivity index (χ0) is 9.26. The van der Waals surface area contributed by atoms with Crippen molar-refractivity contribution in [3.05, 3.63) is 36.1 Å². The average Bonchev–Trinajstić information content (AvgIpc) is 2.49. The largest absolute Gasteiger partial charge is 0.373 e. The lowest BCUT2D eigenvalue weighted by atomic mass is 9.92. The van der Waals surface area contributed by atoms with Gasteiger partial charge in [-0.3, -0.25) is 0 Å². The Hall–Kier alpha value is -1.02. The number of hydrogen-bond acceptors (Lipinski definition) is 2. The molecule has 2 atom stereocenters. The average molecular weight is 176 g/mol. The summed E-state index contributed by atoms with van der Waals surface area (Å²) in [5.74, 6) is 0.575. The Kier molecular flexibility index (Phi) is 2.23. The minimum Gasteiger partial charge on any atom is -0.373 e. The molecule has 0 saturated heterocycles. The maximum atomic E-state index is 5.53. The molecule has 2 N–H and O–H groups in total. The van der Waals surface area contributed by atoms with Crippen molar-refractivity contribution in [1.82, 2.24) is 4.90 Å². The quantitative estimate of drug-likeness (QED) is 0.686. The van der Waals surface area contributed by atoms with Crippen LogP contribution in [0.2, 0.25) is 0 Å². The summed E-state index contributed by atoms with van der Waals surface area (Å²) in [6.07, 6.45) is 12.2. The molecule has 2 nitrogen and oxygen atoms in total. The van der Waals surface area contributed by atoms with Crippen molar-refractivity contribution in [1.29, 1.82) is 0 Å². The molecule has 1 aliphatic heterocycles. The van der Waals surface area contributed by atoms with Crippen LogP contribution in [0, 0.1) is 5.92 Å². The summed E-state index contributed by atoms with van der Waals surface area (Å²) in [5, 5.41) is 0. The molecule has 0 spiro atoms. The van der Waals surface area contributed by atoms with Crippen molar-refractivity contribution >= 4 is 0 Å². The summed E-state index contributed by atoms with van der Waals surface area (Å²) in [5.41, 5.74) is 6.90. The SMILES string of the molecule is CN1C=CC2C=CC(CCN)=CC21. The second-order valence-electron chi connectivity index (χ2n) is 3.71. The van der Waals surface area contributed by atoms with E-state index in [4.69, 9.17) is 5.73 Å². The van der Waals surface area contributed by atoms with Gasteiger partial charge < -0.3 is 10.6 Å². The summed E-state index contributed by atoms with van der Waals surface area (Å²) in [6.45, 7) is 0.741. The van der Waals surface area contributed by atoms with Crippen LogP contribution < -0.4 is 5.73 Å². The van der Waals surface area contributed by atoms with Gasteiger partial charge in [-0.25, -0.2) is 0 Å². The third kappa shape index (κ3) is 1.54. The molecule has 0 aromatic carbocycles. The van der Waals surface area contributed by atoms with Crippen LogP contribution in [-0.2, 0) is 0 Å². The van der Waals surface area contributed by atoms with Gasteiger partial charge in [-0.15, -0.1) is 0 Å². The summed E-state index contributed by atoms with van der Waals surface area (Å²) < 4.78 is 0. The van der Waals surface area contributed by atoms with Gasteiger partial charge >= 0.3 is 0 Å². The van der Waals surface area contributed by atoms with Gasteiger partial charge in [-0.2, -0.15) is 0 Å². The lowest BCUT2D eigenvalue weighted by Crippen LogP contribution is -2.27. The molecule has 0 aromatic heterocycles. The lowest BCUT2D eigenvalue weighted by Gasteiger charge is -2.25. The summed E-state index contributed by atoms with van der Waals surface area (Å²) >= 11 is 0. The van der Waals surface area contributed by atoms with Crippen molar-refractivity contribution in [2.45, 2.75) is 12.5 Å². The molecular formula is C11H16N2. The summed E-state index contributed by atoms with van der Waals surface area (Å²) in [6, 6.07) is 0.534. The first-order valence-corrected chi connectivity index (χ1v) is 4.80. The number of likely N-dealkylation sites (N-methyl/N-ethyl adjacent to an activating group) is 1. The van der Waals surface area contributed by atoms with Crippen LogP contribution in [-0.4, -0.2) is 24.5 Å². The first-order valence-electron chi connectivity index (χ1n) is 4.80. The fourth-order valence-corrected chi connectivity index (χ4v) is 1.97. The van der Waals surface area contributed by atoms with Crippen LogP contribution in [0.4, 0.5) is 0 Å². The molecule has 2 rings (SSSR count). The number of nitrogens with two attached hydrogens (primary N) is 1. The molecule has 70 valence electrons. The highest BCUT2D eigenvalue weighted by atomic mass is 15.1. The van der Waals surface area contributed by atoms with E-state index >= 15 is 0 Å². The highest BCUT2D eigenvalue weighted by Crippen LogP contribution is 2.27. The molecule has 0 bridgehead atoms. The van der Waals surface area contributed by atoms with Crippen molar-refractivity contribution in [3.63, 3.8) is 0 Å². The van der Waals surface area contributed by atoms with Gasteiger partial charge in [0.05, 0.1) is 6.04 Å². The van der Waals surface area contributed by atoms with E-state index in [-0.39, 0.29) is 0 Å². The van der Waals surface area contributed by atoms with E-state index in [9.17, 15) is 0 Å². The Labute approximate surface area is 79.4 Å². The Morgan fingerprint density at radius 1 is 1.46 bits per heavy atom. The van der Waals surface area contributed by atoms with Crippen LogP contribution in [0.3, 0.4) is 0 Å². The highest BCUT2D eigenvalue weighted by molar-refractivity contribution is 5.32. The Morgan fingerprint density at radius 3 is 3.08 bits per heavy atom. The van der Waals surface area contributed by atoms with Gasteiger partial charge in [-0.05, 0) is 24.7 Å². The molecule has 0 fully saturated rings. The molecule has 0 amide bonds. The topological polar surface area (TPSA) is 29.3 Å². The second kappa shape index (κ2) is 3.38. The third-order valence-corrected chi connectivity index (χ3v) is 2.76. The maximum absolute atomic E-state index is 5.53. The first-order chi connectivity index (χ1) is 6.31. The number of fused-ring (bicyclic) bond motifs is 1. The molecule has 13 heavy (non-hydrogen) atoms. The standard InChI is InChI=1S/C11H16N2/c1-13-7-5-10-3-2-9(4-6-12)8-11(10)13/h2-3,5,7-8,10-11H,4,6,12H2,1H3. The predicted octanol–water partition coefficient (Wildman–Crippen LogP) is 1.28. The minimum atomic E-state index is 0.534. The second-order valence-corrected chi connectivity index (χ2v) is 3.71.